The number of carboxylic acids is 1. The fourth-order valence-corrected chi connectivity index (χ4v) is 3.42. The Kier molecular flexibility index (Phi) is 4.75. The van der Waals surface area contributed by atoms with E-state index in [1.54, 1.807) is 12.1 Å². The van der Waals surface area contributed by atoms with Crippen LogP contribution in [-0.4, -0.2) is 25.2 Å². The van der Waals surface area contributed by atoms with Gasteiger partial charge < -0.3 is 5.11 Å². The van der Waals surface area contributed by atoms with Gasteiger partial charge in [0.25, 0.3) is 0 Å². The van der Waals surface area contributed by atoms with Gasteiger partial charge in [-0.05, 0) is 29.7 Å². The first-order valence-corrected chi connectivity index (χ1v) is 8.35. The summed E-state index contributed by atoms with van der Waals surface area (Å²) in [4.78, 5) is 10.9. The molecule has 0 heterocycles. The van der Waals surface area contributed by atoms with Gasteiger partial charge in [0.05, 0.1) is 17.1 Å². The third-order valence-electron chi connectivity index (χ3n) is 3.11. The minimum Gasteiger partial charge on any atom is -0.478 e. The van der Waals surface area contributed by atoms with Gasteiger partial charge in [-0.3, -0.25) is 0 Å². The molecule has 4 nitrogen and oxygen atoms in total. The molecule has 110 valence electrons. The summed E-state index contributed by atoms with van der Waals surface area (Å²) in [6.45, 7) is 0. The highest BCUT2D eigenvalue weighted by atomic mass is 32.2. The van der Waals surface area contributed by atoms with Crippen LogP contribution < -0.4 is 0 Å². The van der Waals surface area contributed by atoms with E-state index < -0.39 is 15.8 Å². The van der Waals surface area contributed by atoms with Crippen LogP contribution in [0.3, 0.4) is 0 Å². The van der Waals surface area contributed by atoms with Gasteiger partial charge in [-0.25, -0.2) is 13.2 Å². The van der Waals surface area contributed by atoms with Gasteiger partial charge in [-0.15, -0.1) is 0 Å². The minimum absolute atomic E-state index is 0.0499. The second-order valence-corrected chi connectivity index (χ2v) is 7.02. The van der Waals surface area contributed by atoms with Gasteiger partial charge in [-0.2, -0.15) is 0 Å². The van der Waals surface area contributed by atoms with Crippen LogP contribution in [0.2, 0.25) is 0 Å². The summed E-state index contributed by atoms with van der Waals surface area (Å²) in [6, 6.07) is 15.5. The van der Waals surface area contributed by atoms with Crippen molar-refractivity contribution in [3.05, 3.63) is 71.3 Å². The van der Waals surface area contributed by atoms with Crippen LogP contribution in [0.15, 0.2) is 54.6 Å². The third kappa shape index (κ3) is 4.72. The molecule has 0 bridgehead atoms. The molecule has 21 heavy (non-hydrogen) atoms. The van der Waals surface area contributed by atoms with Crippen molar-refractivity contribution in [2.45, 2.75) is 12.2 Å². The second kappa shape index (κ2) is 6.54. The van der Waals surface area contributed by atoms with E-state index in [2.05, 4.69) is 0 Å². The van der Waals surface area contributed by atoms with Crippen molar-refractivity contribution in [2.24, 2.45) is 0 Å². The van der Waals surface area contributed by atoms with Crippen molar-refractivity contribution >= 4 is 15.8 Å². The molecule has 2 aromatic rings. The maximum Gasteiger partial charge on any atom is 0.335 e. The molecule has 0 fully saturated rings. The summed E-state index contributed by atoms with van der Waals surface area (Å²) in [7, 11) is -3.27. The normalized spacial score (nSPS) is 11.2. The smallest absolute Gasteiger partial charge is 0.335 e. The Morgan fingerprint density at radius 1 is 0.952 bits per heavy atom. The van der Waals surface area contributed by atoms with Crippen molar-refractivity contribution < 1.29 is 18.3 Å². The number of hydrogen-bond donors (Lipinski definition) is 1. The molecule has 0 radical (unpaired) electrons. The van der Waals surface area contributed by atoms with Crippen molar-refractivity contribution in [3.8, 4) is 0 Å². The number of sulfone groups is 1. The quantitative estimate of drug-likeness (QED) is 0.890. The zero-order valence-corrected chi connectivity index (χ0v) is 12.2. The Hall–Kier alpha value is -2.14. The molecule has 0 aromatic heterocycles. The van der Waals surface area contributed by atoms with Gasteiger partial charge in [0.15, 0.2) is 9.84 Å². The topological polar surface area (TPSA) is 71.4 Å². The van der Waals surface area contributed by atoms with Crippen molar-refractivity contribution in [2.75, 3.05) is 5.75 Å². The van der Waals surface area contributed by atoms with Crippen molar-refractivity contribution in [3.63, 3.8) is 0 Å². The highest BCUT2D eigenvalue weighted by Gasteiger charge is 2.13. The fraction of sp³-hybridized carbons (Fsp3) is 0.188. The average Bonchev–Trinajstić information content (AvgIpc) is 2.46. The summed E-state index contributed by atoms with van der Waals surface area (Å²) in [6.07, 6.45) is 0.460. The van der Waals surface area contributed by atoms with Crippen molar-refractivity contribution in [1.82, 2.24) is 0 Å². The van der Waals surface area contributed by atoms with Crippen LogP contribution in [0.5, 0.6) is 0 Å². The number of aryl methyl sites for hydroxylation is 1. The Labute approximate surface area is 124 Å². The molecule has 0 spiro atoms. The van der Waals surface area contributed by atoms with E-state index >= 15 is 0 Å². The maximum absolute atomic E-state index is 12.1. The lowest BCUT2D eigenvalue weighted by Crippen LogP contribution is -2.12. The second-order valence-electron chi connectivity index (χ2n) is 4.83. The fourth-order valence-electron chi connectivity index (χ4n) is 2.04. The summed E-state index contributed by atoms with van der Waals surface area (Å²) in [5.74, 6) is -1.14. The summed E-state index contributed by atoms with van der Waals surface area (Å²) >= 11 is 0. The Morgan fingerprint density at radius 2 is 1.62 bits per heavy atom. The monoisotopic (exact) mass is 304 g/mol. The molecule has 0 saturated heterocycles. The van der Waals surface area contributed by atoms with Crippen LogP contribution in [0.4, 0.5) is 0 Å². The Morgan fingerprint density at radius 3 is 2.29 bits per heavy atom. The molecule has 0 aliphatic rings. The molecule has 5 heteroatoms. The lowest BCUT2D eigenvalue weighted by molar-refractivity contribution is 0.0696. The largest absolute Gasteiger partial charge is 0.478 e. The molecule has 0 saturated carbocycles. The van der Waals surface area contributed by atoms with Crippen LogP contribution in [-0.2, 0) is 22.0 Å². The van der Waals surface area contributed by atoms with Gasteiger partial charge in [0.1, 0.15) is 0 Å². The number of rotatable bonds is 6. The van der Waals surface area contributed by atoms with E-state index in [1.165, 1.54) is 12.1 Å². The van der Waals surface area contributed by atoms with Crippen LogP contribution in [0, 0.1) is 0 Å². The van der Waals surface area contributed by atoms with E-state index in [0.717, 1.165) is 5.56 Å². The molecule has 1 N–H and O–H groups in total. The molecular formula is C16H16O4S. The predicted octanol–water partition coefficient (Wildman–Crippen LogP) is 2.54. The van der Waals surface area contributed by atoms with E-state index in [4.69, 9.17) is 5.11 Å². The maximum atomic E-state index is 12.1. The molecule has 2 aromatic carbocycles. The molecule has 0 aliphatic heterocycles. The van der Waals surface area contributed by atoms with E-state index in [1.807, 2.05) is 30.3 Å². The lowest BCUT2D eigenvalue weighted by atomic mass is 10.1. The summed E-state index contributed by atoms with van der Waals surface area (Å²) < 4.78 is 24.2. The molecule has 0 unspecified atom stereocenters. The molecule has 0 aliphatic carbocycles. The average molecular weight is 304 g/mol. The first kappa shape index (κ1) is 15.3. The van der Waals surface area contributed by atoms with E-state index in [0.29, 0.717) is 12.0 Å². The standard InChI is InChI=1S/C16H16O4S/c17-16(18)15-8-4-7-14(11-15)12-21(19,20)10-9-13-5-2-1-3-6-13/h1-8,11H,9-10,12H2,(H,17,18). The van der Waals surface area contributed by atoms with E-state index in [-0.39, 0.29) is 17.1 Å². The third-order valence-corrected chi connectivity index (χ3v) is 4.70. The summed E-state index contributed by atoms with van der Waals surface area (Å²) in [5.41, 5.74) is 1.58. The van der Waals surface area contributed by atoms with Crippen LogP contribution in [0.25, 0.3) is 0 Å². The SMILES string of the molecule is O=C(O)c1cccc(CS(=O)(=O)CCc2ccccc2)c1. The molecule has 2 rings (SSSR count). The highest BCUT2D eigenvalue weighted by molar-refractivity contribution is 7.90. The zero-order valence-electron chi connectivity index (χ0n) is 11.4. The number of hydrogen-bond acceptors (Lipinski definition) is 3. The Bertz CT molecular complexity index is 721. The van der Waals surface area contributed by atoms with Crippen LogP contribution in [0.1, 0.15) is 21.5 Å². The predicted molar refractivity (Wildman–Crippen MR) is 81.0 cm³/mol. The number of carboxylic acid groups (broad SMARTS) is 1. The van der Waals surface area contributed by atoms with Gasteiger partial charge in [0.2, 0.25) is 0 Å². The number of carbonyl (C=O) groups is 1. The van der Waals surface area contributed by atoms with E-state index in [9.17, 15) is 13.2 Å². The van der Waals surface area contributed by atoms with Crippen molar-refractivity contribution in [1.29, 1.82) is 0 Å². The highest BCUT2D eigenvalue weighted by Crippen LogP contribution is 2.11. The lowest BCUT2D eigenvalue weighted by Gasteiger charge is -2.06. The molecule has 0 amide bonds. The van der Waals surface area contributed by atoms with Gasteiger partial charge in [0, 0.05) is 0 Å². The first-order chi connectivity index (χ1) is 9.96. The number of benzene rings is 2. The number of aromatic carboxylic acids is 1. The molecule has 0 atom stereocenters. The Balaban J connectivity index is 2.04. The summed E-state index contributed by atoms with van der Waals surface area (Å²) in [5, 5.41) is 8.91. The first-order valence-electron chi connectivity index (χ1n) is 6.53. The molecular weight excluding hydrogens is 288 g/mol. The van der Waals surface area contributed by atoms with Gasteiger partial charge >= 0.3 is 5.97 Å². The van der Waals surface area contributed by atoms with Crippen LogP contribution >= 0.6 is 0 Å². The minimum atomic E-state index is -3.27. The van der Waals surface area contributed by atoms with Gasteiger partial charge in [-0.1, -0.05) is 42.5 Å². The zero-order chi connectivity index (χ0) is 15.3.